The molecule has 0 radical (unpaired) electrons. The monoisotopic (exact) mass is 241 g/mol. The summed E-state index contributed by atoms with van der Waals surface area (Å²) in [5, 5.41) is 9.10. The molecule has 1 heterocycles. The molecule has 17 heavy (non-hydrogen) atoms. The van der Waals surface area contributed by atoms with Gasteiger partial charge in [-0.2, -0.15) is 0 Å². The van der Waals surface area contributed by atoms with Gasteiger partial charge in [0.15, 0.2) is 0 Å². The third-order valence-corrected chi connectivity index (χ3v) is 4.09. The highest BCUT2D eigenvalue weighted by Crippen LogP contribution is 2.24. The molecule has 0 amide bonds. The Bertz CT molecular complexity index is 218. The van der Waals surface area contributed by atoms with Gasteiger partial charge in [-0.3, -0.25) is 9.69 Å². The maximum Gasteiger partial charge on any atom is 0.304 e. The molecule has 0 aromatic carbocycles. The molecule has 0 aliphatic carbocycles. The summed E-state index contributed by atoms with van der Waals surface area (Å²) in [7, 11) is 0. The minimum absolute atomic E-state index is 0.251. The molecule has 1 N–H and O–H groups in total. The maximum absolute atomic E-state index is 11.0. The number of likely N-dealkylation sites (tertiary alicyclic amines) is 1. The van der Waals surface area contributed by atoms with Crippen molar-refractivity contribution in [1.82, 2.24) is 4.90 Å². The van der Waals surface area contributed by atoms with Crippen molar-refractivity contribution in [2.75, 3.05) is 13.1 Å². The van der Waals surface area contributed by atoms with Gasteiger partial charge in [0.25, 0.3) is 0 Å². The second-order valence-electron chi connectivity index (χ2n) is 5.19. The molecule has 1 aliphatic rings. The third-order valence-electron chi connectivity index (χ3n) is 4.09. The fourth-order valence-electron chi connectivity index (χ4n) is 3.03. The molecule has 0 saturated carbocycles. The van der Waals surface area contributed by atoms with E-state index in [0.29, 0.717) is 12.3 Å². The molecule has 0 bridgehead atoms. The molecule has 1 aliphatic heterocycles. The Morgan fingerprint density at radius 2 is 1.65 bits per heavy atom. The van der Waals surface area contributed by atoms with E-state index in [2.05, 4.69) is 18.7 Å². The minimum Gasteiger partial charge on any atom is -0.481 e. The first-order chi connectivity index (χ1) is 8.19. The maximum atomic E-state index is 11.0. The lowest BCUT2D eigenvalue weighted by Gasteiger charge is -2.35. The molecule has 1 saturated heterocycles. The fourth-order valence-corrected chi connectivity index (χ4v) is 3.03. The summed E-state index contributed by atoms with van der Waals surface area (Å²) in [6.07, 6.45) is 7.56. The number of carbonyl (C=O) groups is 1. The van der Waals surface area contributed by atoms with Crippen molar-refractivity contribution in [3.05, 3.63) is 0 Å². The lowest BCUT2D eigenvalue weighted by atomic mass is 9.90. The minimum atomic E-state index is -0.647. The summed E-state index contributed by atoms with van der Waals surface area (Å²) in [6.45, 7) is 6.55. The van der Waals surface area contributed by atoms with Gasteiger partial charge in [0.2, 0.25) is 0 Å². The van der Waals surface area contributed by atoms with E-state index in [9.17, 15) is 4.79 Å². The van der Waals surface area contributed by atoms with E-state index in [0.717, 1.165) is 25.9 Å². The van der Waals surface area contributed by atoms with Crippen LogP contribution in [0.5, 0.6) is 0 Å². The van der Waals surface area contributed by atoms with Crippen molar-refractivity contribution in [3.63, 3.8) is 0 Å². The van der Waals surface area contributed by atoms with Crippen molar-refractivity contribution in [2.45, 2.75) is 64.8 Å². The van der Waals surface area contributed by atoms with Crippen LogP contribution in [-0.4, -0.2) is 35.1 Å². The zero-order chi connectivity index (χ0) is 12.7. The van der Waals surface area contributed by atoms with Gasteiger partial charge in [-0.15, -0.1) is 0 Å². The lowest BCUT2D eigenvalue weighted by Crippen LogP contribution is -2.42. The summed E-state index contributed by atoms with van der Waals surface area (Å²) in [5.41, 5.74) is 0. The van der Waals surface area contributed by atoms with Crippen LogP contribution in [0.25, 0.3) is 0 Å². The molecule has 1 atom stereocenters. The van der Waals surface area contributed by atoms with E-state index < -0.39 is 5.97 Å². The van der Waals surface area contributed by atoms with Gasteiger partial charge in [-0.1, -0.05) is 39.5 Å². The van der Waals surface area contributed by atoms with Gasteiger partial charge >= 0.3 is 5.97 Å². The highest BCUT2D eigenvalue weighted by atomic mass is 16.4. The van der Waals surface area contributed by atoms with Crippen LogP contribution in [0.15, 0.2) is 0 Å². The molecule has 100 valence electrons. The average molecular weight is 241 g/mol. The summed E-state index contributed by atoms with van der Waals surface area (Å²) in [6, 6.07) is 0.251. The first kappa shape index (κ1) is 14.5. The number of carboxylic acids is 1. The number of carboxylic acid groups (broad SMARTS) is 1. The molecule has 3 nitrogen and oxygen atoms in total. The van der Waals surface area contributed by atoms with E-state index in [-0.39, 0.29) is 6.04 Å². The summed E-state index contributed by atoms with van der Waals surface area (Å²) >= 11 is 0. The Hall–Kier alpha value is -0.570. The van der Waals surface area contributed by atoms with Gasteiger partial charge in [0, 0.05) is 6.04 Å². The van der Waals surface area contributed by atoms with Crippen LogP contribution in [0.3, 0.4) is 0 Å². The molecule has 0 aromatic rings. The molecular weight excluding hydrogens is 214 g/mol. The molecule has 1 rings (SSSR count). The Morgan fingerprint density at radius 1 is 1.12 bits per heavy atom. The Morgan fingerprint density at radius 3 is 2.06 bits per heavy atom. The predicted octanol–water partition coefficient (Wildman–Crippen LogP) is 3.14. The zero-order valence-electron chi connectivity index (χ0n) is 11.3. The number of hydrogen-bond donors (Lipinski definition) is 1. The summed E-state index contributed by atoms with van der Waals surface area (Å²) in [5.74, 6) is -0.115. The van der Waals surface area contributed by atoms with Crippen molar-refractivity contribution in [3.8, 4) is 0 Å². The van der Waals surface area contributed by atoms with Crippen molar-refractivity contribution in [1.29, 1.82) is 0 Å². The van der Waals surface area contributed by atoms with E-state index in [1.54, 1.807) is 0 Å². The Balaban J connectivity index is 2.68. The number of hydrogen-bond acceptors (Lipinski definition) is 2. The van der Waals surface area contributed by atoms with Crippen LogP contribution in [0.1, 0.15) is 58.8 Å². The van der Waals surface area contributed by atoms with Gasteiger partial charge in [0.05, 0.1) is 6.42 Å². The van der Waals surface area contributed by atoms with Crippen LogP contribution < -0.4 is 0 Å². The van der Waals surface area contributed by atoms with Gasteiger partial charge < -0.3 is 5.11 Å². The smallest absolute Gasteiger partial charge is 0.304 e. The van der Waals surface area contributed by atoms with E-state index in [4.69, 9.17) is 5.11 Å². The number of nitrogens with zero attached hydrogens (tertiary/aromatic N) is 1. The van der Waals surface area contributed by atoms with Crippen LogP contribution in [0.2, 0.25) is 0 Å². The highest BCUT2D eigenvalue weighted by molar-refractivity contribution is 5.67. The van der Waals surface area contributed by atoms with Crippen LogP contribution in [-0.2, 0) is 4.79 Å². The Kier molecular flexibility index (Phi) is 6.56. The second kappa shape index (κ2) is 7.70. The van der Waals surface area contributed by atoms with Gasteiger partial charge in [-0.25, -0.2) is 0 Å². The van der Waals surface area contributed by atoms with Gasteiger partial charge in [0.1, 0.15) is 0 Å². The number of rotatable bonds is 6. The van der Waals surface area contributed by atoms with Gasteiger partial charge in [-0.05, 0) is 31.8 Å². The van der Waals surface area contributed by atoms with E-state index in [1.165, 1.54) is 25.7 Å². The number of aliphatic carboxylic acids is 1. The molecule has 0 spiro atoms. The van der Waals surface area contributed by atoms with Crippen molar-refractivity contribution >= 4 is 5.97 Å². The lowest BCUT2D eigenvalue weighted by molar-refractivity contribution is -0.139. The average Bonchev–Trinajstić information content (AvgIpc) is 2.57. The van der Waals surface area contributed by atoms with Crippen LogP contribution in [0, 0.1) is 5.92 Å². The highest BCUT2D eigenvalue weighted by Gasteiger charge is 2.27. The fraction of sp³-hybridized carbons (Fsp3) is 0.929. The summed E-state index contributed by atoms with van der Waals surface area (Å²) < 4.78 is 0. The third kappa shape index (κ3) is 4.66. The standard InChI is InChI=1S/C14H27NO2/c1-3-12(4-2)13(11-14(16)17)15-9-7-5-6-8-10-15/h12-13H,3-11H2,1-2H3,(H,16,17). The molecule has 0 aromatic heterocycles. The second-order valence-corrected chi connectivity index (χ2v) is 5.19. The molecule has 3 heteroatoms. The van der Waals surface area contributed by atoms with Crippen molar-refractivity contribution in [2.24, 2.45) is 5.92 Å². The summed E-state index contributed by atoms with van der Waals surface area (Å²) in [4.78, 5) is 13.5. The quantitative estimate of drug-likeness (QED) is 0.776. The SMILES string of the molecule is CCC(CC)C(CC(=O)O)N1CCCCCC1. The first-order valence-electron chi connectivity index (χ1n) is 7.14. The normalized spacial score (nSPS) is 20.2. The topological polar surface area (TPSA) is 40.5 Å². The van der Waals surface area contributed by atoms with Crippen molar-refractivity contribution < 1.29 is 9.90 Å². The zero-order valence-corrected chi connectivity index (χ0v) is 11.3. The molecular formula is C14H27NO2. The molecule has 1 unspecified atom stereocenters. The van der Waals surface area contributed by atoms with Crippen LogP contribution >= 0.6 is 0 Å². The largest absolute Gasteiger partial charge is 0.481 e. The van der Waals surface area contributed by atoms with Crippen LogP contribution in [0.4, 0.5) is 0 Å². The van der Waals surface area contributed by atoms with E-state index in [1.807, 2.05) is 0 Å². The predicted molar refractivity (Wildman–Crippen MR) is 70.2 cm³/mol. The first-order valence-corrected chi connectivity index (χ1v) is 7.14. The van der Waals surface area contributed by atoms with E-state index >= 15 is 0 Å². The Labute approximate surface area is 105 Å². The molecule has 1 fully saturated rings.